The number of ether oxygens (including phenoxy) is 3. The third-order valence-corrected chi connectivity index (χ3v) is 2.26. The first-order chi connectivity index (χ1) is 8.29. The number of nitrogens with one attached hydrogen (secondary N) is 1. The normalized spacial score (nSPS) is 13.6. The lowest BCUT2D eigenvalue weighted by atomic mass is 10.3. The second-order valence-corrected chi connectivity index (χ2v) is 3.40. The van der Waals surface area contributed by atoms with Crippen LogP contribution in [-0.4, -0.2) is 33.0 Å². The maximum Gasteiger partial charge on any atom is 0.231 e. The van der Waals surface area contributed by atoms with Crippen LogP contribution in [0.5, 0.6) is 17.2 Å². The summed E-state index contributed by atoms with van der Waals surface area (Å²) < 4.78 is 16.0. The Bertz CT molecular complexity index is 420. The Hall–Kier alpha value is -2.11. The summed E-state index contributed by atoms with van der Waals surface area (Å²) >= 11 is 0. The predicted octanol–water partition coefficient (Wildman–Crippen LogP) is 0.328. The molecule has 2 rings (SSSR count). The molecule has 0 unspecified atom stereocenters. The van der Waals surface area contributed by atoms with Gasteiger partial charge in [0.05, 0.1) is 6.54 Å². The zero-order valence-corrected chi connectivity index (χ0v) is 9.60. The fourth-order valence-corrected chi connectivity index (χ4v) is 1.39. The summed E-state index contributed by atoms with van der Waals surface area (Å²) in [5.74, 6) is 2.60. The van der Waals surface area contributed by atoms with Gasteiger partial charge in [-0.3, -0.25) is 4.99 Å². The summed E-state index contributed by atoms with van der Waals surface area (Å²) in [6.07, 6.45) is 0. The molecule has 0 radical (unpaired) electrons. The van der Waals surface area contributed by atoms with Gasteiger partial charge in [0, 0.05) is 13.1 Å². The van der Waals surface area contributed by atoms with Crippen molar-refractivity contribution in [2.75, 3.05) is 27.0 Å². The molecule has 6 nitrogen and oxygen atoms in total. The van der Waals surface area contributed by atoms with E-state index >= 15 is 0 Å². The monoisotopic (exact) mass is 237 g/mol. The van der Waals surface area contributed by atoms with Crippen molar-refractivity contribution in [1.29, 1.82) is 0 Å². The van der Waals surface area contributed by atoms with E-state index in [1.165, 1.54) is 0 Å². The Morgan fingerprint density at radius 2 is 2.29 bits per heavy atom. The van der Waals surface area contributed by atoms with Crippen molar-refractivity contribution in [3.05, 3.63) is 18.2 Å². The molecule has 0 bridgehead atoms. The number of guanidine groups is 1. The van der Waals surface area contributed by atoms with Crippen LogP contribution < -0.4 is 25.3 Å². The highest BCUT2D eigenvalue weighted by Gasteiger charge is 2.13. The number of rotatable bonds is 4. The fraction of sp³-hybridized carbons (Fsp3) is 0.364. The average Bonchev–Trinajstić information content (AvgIpc) is 2.81. The highest BCUT2D eigenvalue weighted by Crippen LogP contribution is 2.34. The smallest absolute Gasteiger partial charge is 0.231 e. The molecular formula is C11H15N3O3. The van der Waals surface area contributed by atoms with E-state index in [2.05, 4.69) is 10.3 Å². The highest BCUT2D eigenvalue weighted by molar-refractivity contribution is 5.77. The van der Waals surface area contributed by atoms with E-state index in [1.807, 2.05) is 12.1 Å². The lowest BCUT2D eigenvalue weighted by Crippen LogP contribution is -2.34. The van der Waals surface area contributed by atoms with E-state index < -0.39 is 0 Å². The summed E-state index contributed by atoms with van der Waals surface area (Å²) in [4.78, 5) is 3.77. The summed E-state index contributed by atoms with van der Waals surface area (Å²) in [7, 11) is 1.63. The molecule has 0 fully saturated rings. The molecule has 0 aromatic heterocycles. The Labute approximate surface area is 99.4 Å². The second kappa shape index (κ2) is 5.29. The molecule has 1 aliphatic rings. The van der Waals surface area contributed by atoms with Gasteiger partial charge in [-0.05, 0) is 12.1 Å². The van der Waals surface area contributed by atoms with E-state index in [0.29, 0.717) is 24.9 Å². The van der Waals surface area contributed by atoms with E-state index in [4.69, 9.17) is 19.9 Å². The Morgan fingerprint density at radius 3 is 3.12 bits per heavy atom. The van der Waals surface area contributed by atoms with Gasteiger partial charge in [-0.15, -0.1) is 0 Å². The molecular weight excluding hydrogens is 222 g/mol. The molecule has 0 saturated heterocycles. The van der Waals surface area contributed by atoms with Gasteiger partial charge in [0.1, 0.15) is 12.4 Å². The molecule has 0 amide bonds. The van der Waals surface area contributed by atoms with Crippen LogP contribution in [0.1, 0.15) is 0 Å². The molecule has 1 aromatic carbocycles. The third-order valence-electron chi connectivity index (χ3n) is 2.26. The largest absolute Gasteiger partial charge is 0.492 e. The zero-order valence-electron chi connectivity index (χ0n) is 9.60. The van der Waals surface area contributed by atoms with Crippen LogP contribution in [0.4, 0.5) is 0 Å². The lowest BCUT2D eigenvalue weighted by Gasteiger charge is -2.08. The van der Waals surface area contributed by atoms with Gasteiger partial charge in [-0.1, -0.05) is 0 Å². The number of benzene rings is 1. The van der Waals surface area contributed by atoms with E-state index in [0.717, 1.165) is 11.5 Å². The van der Waals surface area contributed by atoms with Crippen LogP contribution in [0.15, 0.2) is 23.2 Å². The number of fused-ring (bicyclic) bond motifs is 1. The quantitative estimate of drug-likeness (QED) is 0.448. The minimum absolute atomic E-state index is 0.268. The number of nitrogens with zero attached hydrogens (tertiary/aromatic N) is 1. The van der Waals surface area contributed by atoms with E-state index in [-0.39, 0.29) is 6.79 Å². The SMILES string of the molecule is CN=C(N)NCCOc1ccc2c(c1)OCO2. The highest BCUT2D eigenvalue weighted by atomic mass is 16.7. The van der Waals surface area contributed by atoms with Gasteiger partial charge in [-0.2, -0.15) is 0 Å². The first kappa shape index (κ1) is 11.4. The fourth-order valence-electron chi connectivity index (χ4n) is 1.39. The molecule has 92 valence electrons. The van der Waals surface area contributed by atoms with Gasteiger partial charge in [0.2, 0.25) is 6.79 Å². The maximum absolute atomic E-state index is 5.52. The molecule has 0 spiro atoms. The van der Waals surface area contributed by atoms with Crippen LogP contribution >= 0.6 is 0 Å². The molecule has 1 aliphatic heterocycles. The summed E-state index contributed by atoms with van der Waals surface area (Å²) in [6, 6.07) is 5.47. The predicted molar refractivity (Wildman–Crippen MR) is 63.6 cm³/mol. The average molecular weight is 237 g/mol. The Kier molecular flexibility index (Phi) is 3.54. The van der Waals surface area contributed by atoms with Crippen LogP contribution in [0.25, 0.3) is 0 Å². The third kappa shape index (κ3) is 2.93. The standard InChI is InChI=1S/C11H15N3O3/c1-13-11(12)14-4-5-15-8-2-3-9-10(6-8)17-7-16-9/h2-3,6H,4-5,7H2,1H3,(H3,12,13,14). The lowest BCUT2D eigenvalue weighted by molar-refractivity contribution is 0.173. The van der Waals surface area contributed by atoms with Crippen LogP contribution in [-0.2, 0) is 0 Å². The van der Waals surface area contributed by atoms with E-state index in [1.54, 1.807) is 13.1 Å². The van der Waals surface area contributed by atoms with Crippen molar-refractivity contribution < 1.29 is 14.2 Å². The van der Waals surface area contributed by atoms with Gasteiger partial charge in [0.15, 0.2) is 17.5 Å². The molecule has 0 aliphatic carbocycles. The number of aliphatic imine (C=N–C) groups is 1. The van der Waals surface area contributed by atoms with Crippen LogP contribution in [0, 0.1) is 0 Å². The van der Waals surface area contributed by atoms with Crippen LogP contribution in [0.3, 0.4) is 0 Å². The van der Waals surface area contributed by atoms with Gasteiger partial charge >= 0.3 is 0 Å². The van der Waals surface area contributed by atoms with Crippen molar-refractivity contribution in [2.45, 2.75) is 0 Å². The molecule has 1 heterocycles. The molecule has 0 atom stereocenters. The molecule has 0 saturated carbocycles. The minimum atomic E-state index is 0.268. The number of hydrogen-bond acceptors (Lipinski definition) is 4. The number of nitrogens with two attached hydrogens (primary N) is 1. The van der Waals surface area contributed by atoms with Crippen molar-refractivity contribution in [2.24, 2.45) is 10.7 Å². The zero-order chi connectivity index (χ0) is 12.1. The van der Waals surface area contributed by atoms with Crippen molar-refractivity contribution in [3.63, 3.8) is 0 Å². The van der Waals surface area contributed by atoms with Gasteiger partial charge in [-0.25, -0.2) is 0 Å². The van der Waals surface area contributed by atoms with Crippen LogP contribution in [0.2, 0.25) is 0 Å². The summed E-state index contributed by atoms with van der Waals surface area (Å²) in [5, 5.41) is 2.90. The topological polar surface area (TPSA) is 78.1 Å². The van der Waals surface area contributed by atoms with Gasteiger partial charge in [0.25, 0.3) is 0 Å². The first-order valence-electron chi connectivity index (χ1n) is 5.28. The first-order valence-corrected chi connectivity index (χ1v) is 5.28. The maximum atomic E-state index is 5.52. The van der Waals surface area contributed by atoms with E-state index in [9.17, 15) is 0 Å². The molecule has 3 N–H and O–H groups in total. The summed E-state index contributed by atoms with van der Waals surface area (Å²) in [5.41, 5.74) is 5.47. The molecule has 17 heavy (non-hydrogen) atoms. The Balaban J connectivity index is 1.80. The van der Waals surface area contributed by atoms with Crippen molar-refractivity contribution in [3.8, 4) is 17.2 Å². The molecule has 6 heteroatoms. The summed E-state index contributed by atoms with van der Waals surface area (Å²) in [6.45, 7) is 1.36. The molecule has 1 aromatic rings. The van der Waals surface area contributed by atoms with Gasteiger partial charge < -0.3 is 25.3 Å². The van der Waals surface area contributed by atoms with Crippen molar-refractivity contribution >= 4 is 5.96 Å². The number of hydrogen-bond donors (Lipinski definition) is 2. The Morgan fingerprint density at radius 1 is 1.47 bits per heavy atom. The second-order valence-electron chi connectivity index (χ2n) is 3.40. The van der Waals surface area contributed by atoms with Crippen molar-refractivity contribution in [1.82, 2.24) is 5.32 Å². The minimum Gasteiger partial charge on any atom is -0.492 e.